The Morgan fingerprint density at radius 2 is 1.40 bits per heavy atom. The minimum absolute atomic E-state index is 0.0912. The Morgan fingerprint density at radius 1 is 0.800 bits per heavy atom. The zero-order valence-electron chi connectivity index (χ0n) is 17.1. The number of ether oxygens (including phenoxy) is 3. The van der Waals surface area contributed by atoms with Crippen LogP contribution in [0.3, 0.4) is 0 Å². The van der Waals surface area contributed by atoms with Crippen LogP contribution in [0.5, 0.6) is 0 Å². The highest BCUT2D eigenvalue weighted by atomic mass is 16.6. The number of hydrogen-bond donors (Lipinski definition) is 0. The van der Waals surface area contributed by atoms with Crippen LogP contribution in [0.15, 0.2) is 60.2 Å². The molecule has 0 saturated heterocycles. The molecule has 1 aliphatic rings. The normalized spacial score (nSPS) is 13.7. The molecule has 0 N–H and O–H groups in total. The molecule has 1 aliphatic carbocycles. The van der Waals surface area contributed by atoms with Crippen LogP contribution in [0.4, 0.5) is 0 Å². The van der Waals surface area contributed by atoms with E-state index in [4.69, 9.17) is 14.2 Å². The number of esters is 3. The van der Waals surface area contributed by atoms with Gasteiger partial charge in [0.1, 0.15) is 6.61 Å². The number of fused-ring (bicyclic) bond motifs is 1. The minimum Gasteiger partial charge on any atom is -0.465 e. The first kappa shape index (κ1) is 21.3. The predicted molar refractivity (Wildman–Crippen MR) is 110 cm³/mol. The molecule has 3 rings (SSSR count). The maximum Gasteiger partial charge on any atom is 0.332 e. The maximum atomic E-state index is 13.1. The summed E-state index contributed by atoms with van der Waals surface area (Å²) >= 11 is 0. The summed E-state index contributed by atoms with van der Waals surface area (Å²) in [7, 11) is 0. The molecule has 0 aromatic heterocycles. The maximum absolute atomic E-state index is 13.1. The van der Waals surface area contributed by atoms with E-state index in [0.29, 0.717) is 16.7 Å². The highest BCUT2D eigenvalue weighted by molar-refractivity contribution is 6.14. The molecule has 0 aliphatic heterocycles. The van der Waals surface area contributed by atoms with Crippen molar-refractivity contribution in [3.05, 3.63) is 76.9 Å². The summed E-state index contributed by atoms with van der Waals surface area (Å²) < 4.78 is 15.9. The van der Waals surface area contributed by atoms with Crippen LogP contribution < -0.4 is 0 Å². The van der Waals surface area contributed by atoms with Gasteiger partial charge in [-0.1, -0.05) is 60.7 Å². The third kappa shape index (κ3) is 3.99. The standard InChI is InChI=1S/C24H24O6/c1-3-28-22(26)24(23(27)29-4-2)19(14-18-12-8-9-13-20(18)24)15-21(25)30-16-17-10-6-5-7-11-17/h5-14H,3-4,15-16H2,1-2H3. The minimum atomic E-state index is -1.81. The van der Waals surface area contributed by atoms with Crippen molar-refractivity contribution in [1.29, 1.82) is 0 Å². The van der Waals surface area contributed by atoms with Gasteiger partial charge in [-0.3, -0.25) is 14.4 Å². The Labute approximate surface area is 175 Å². The smallest absolute Gasteiger partial charge is 0.332 e. The van der Waals surface area contributed by atoms with Crippen LogP contribution in [0, 0.1) is 0 Å². The van der Waals surface area contributed by atoms with Gasteiger partial charge in [0, 0.05) is 0 Å². The van der Waals surface area contributed by atoms with E-state index >= 15 is 0 Å². The lowest BCUT2D eigenvalue weighted by Gasteiger charge is -2.29. The Balaban J connectivity index is 1.93. The van der Waals surface area contributed by atoms with Crippen LogP contribution in [0.2, 0.25) is 0 Å². The second-order valence-corrected chi connectivity index (χ2v) is 6.77. The van der Waals surface area contributed by atoms with Gasteiger partial charge in [0.05, 0.1) is 19.6 Å². The first-order valence-electron chi connectivity index (χ1n) is 9.88. The van der Waals surface area contributed by atoms with Crippen molar-refractivity contribution in [2.24, 2.45) is 0 Å². The fourth-order valence-electron chi connectivity index (χ4n) is 3.61. The van der Waals surface area contributed by atoms with Crippen molar-refractivity contribution < 1.29 is 28.6 Å². The van der Waals surface area contributed by atoms with E-state index < -0.39 is 23.3 Å². The summed E-state index contributed by atoms with van der Waals surface area (Å²) in [5.74, 6) is -2.05. The van der Waals surface area contributed by atoms with Crippen molar-refractivity contribution in [2.75, 3.05) is 13.2 Å². The first-order chi connectivity index (χ1) is 14.5. The predicted octanol–water partition coefficient (Wildman–Crippen LogP) is 3.58. The molecule has 0 bridgehead atoms. The molecule has 0 heterocycles. The van der Waals surface area contributed by atoms with E-state index in [0.717, 1.165) is 5.56 Å². The molecule has 2 aromatic carbocycles. The molecule has 6 heteroatoms. The average Bonchev–Trinajstić information content (AvgIpc) is 3.08. The van der Waals surface area contributed by atoms with Gasteiger partial charge in [-0.15, -0.1) is 0 Å². The van der Waals surface area contributed by atoms with Gasteiger partial charge in [-0.25, -0.2) is 0 Å². The van der Waals surface area contributed by atoms with Gasteiger partial charge in [0.2, 0.25) is 5.41 Å². The van der Waals surface area contributed by atoms with Gasteiger partial charge < -0.3 is 14.2 Å². The SMILES string of the molecule is CCOC(=O)C1(C(=O)OCC)C(CC(=O)OCc2ccccc2)=Cc2ccccc21. The van der Waals surface area contributed by atoms with E-state index in [-0.39, 0.29) is 26.2 Å². The zero-order valence-corrected chi connectivity index (χ0v) is 17.1. The number of rotatable bonds is 8. The summed E-state index contributed by atoms with van der Waals surface area (Å²) in [6.07, 6.45) is 1.44. The molecule has 0 fully saturated rings. The second-order valence-electron chi connectivity index (χ2n) is 6.77. The second kappa shape index (κ2) is 9.39. The molecule has 0 spiro atoms. The molecule has 0 unspecified atom stereocenters. The summed E-state index contributed by atoms with van der Waals surface area (Å²) in [5, 5.41) is 0. The monoisotopic (exact) mass is 408 g/mol. The lowest BCUT2D eigenvalue weighted by Crippen LogP contribution is -2.47. The first-order valence-corrected chi connectivity index (χ1v) is 9.88. The summed E-state index contributed by atoms with van der Waals surface area (Å²) in [6, 6.07) is 16.3. The number of carbonyl (C=O) groups is 3. The third-order valence-corrected chi connectivity index (χ3v) is 4.92. The molecule has 30 heavy (non-hydrogen) atoms. The van der Waals surface area contributed by atoms with E-state index in [1.54, 1.807) is 44.2 Å². The van der Waals surface area contributed by atoms with Crippen molar-refractivity contribution >= 4 is 24.0 Å². The van der Waals surface area contributed by atoms with Gasteiger partial charge in [0.15, 0.2) is 0 Å². The van der Waals surface area contributed by atoms with Crippen LogP contribution in [0.1, 0.15) is 37.0 Å². The highest BCUT2D eigenvalue weighted by Crippen LogP contribution is 2.45. The molecule has 0 amide bonds. The van der Waals surface area contributed by atoms with Gasteiger partial charge in [-0.2, -0.15) is 0 Å². The quantitative estimate of drug-likeness (QED) is 0.377. The van der Waals surface area contributed by atoms with Crippen LogP contribution >= 0.6 is 0 Å². The lowest BCUT2D eigenvalue weighted by molar-refractivity contribution is -0.162. The molecule has 2 aromatic rings. The highest BCUT2D eigenvalue weighted by Gasteiger charge is 2.57. The molecule has 0 saturated carbocycles. The summed E-state index contributed by atoms with van der Waals surface area (Å²) in [6.45, 7) is 3.61. The van der Waals surface area contributed by atoms with Crippen molar-refractivity contribution in [1.82, 2.24) is 0 Å². The Morgan fingerprint density at radius 3 is 2.03 bits per heavy atom. The molecule has 156 valence electrons. The van der Waals surface area contributed by atoms with E-state index in [9.17, 15) is 14.4 Å². The zero-order chi connectivity index (χ0) is 21.6. The van der Waals surface area contributed by atoms with Crippen molar-refractivity contribution in [3.63, 3.8) is 0 Å². The lowest BCUT2D eigenvalue weighted by atomic mass is 9.76. The van der Waals surface area contributed by atoms with Gasteiger partial charge in [0.25, 0.3) is 0 Å². The fraction of sp³-hybridized carbons (Fsp3) is 0.292. The molecule has 6 nitrogen and oxygen atoms in total. The molecule has 0 atom stereocenters. The number of hydrogen-bond acceptors (Lipinski definition) is 6. The van der Waals surface area contributed by atoms with Crippen LogP contribution in [0.25, 0.3) is 6.08 Å². The van der Waals surface area contributed by atoms with E-state index in [2.05, 4.69) is 0 Å². The molecular formula is C24H24O6. The van der Waals surface area contributed by atoms with Gasteiger partial charge in [-0.05, 0) is 36.1 Å². The topological polar surface area (TPSA) is 78.9 Å². The third-order valence-electron chi connectivity index (χ3n) is 4.92. The van der Waals surface area contributed by atoms with Crippen LogP contribution in [-0.2, 0) is 40.6 Å². The van der Waals surface area contributed by atoms with E-state index in [1.165, 1.54) is 0 Å². The summed E-state index contributed by atoms with van der Waals surface area (Å²) in [5.41, 5.74) is 0.446. The van der Waals surface area contributed by atoms with Crippen LogP contribution in [-0.4, -0.2) is 31.1 Å². The molecular weight excluding hydrogens is 384 g/mol. The van der Waals surface area contributed by atoms with Crippen molar-refractivity contribution in [2.45, 2.75) is 32.3 Å². The Kier molecular flexibility index (Phi) is 6.67. The van der Waals surface area contributed by atoms with Gasteiger partial charge >= 0.3 is 17.9 Å². The molecule has 0 radical (unpaired) electrons. The number of carbonyl (C=O) groups excluding carboxylic acids is 3. The number of benzene rings is 2. The Hall–Kier alpha value is -3.41. The fourth-order valence-corrected chi connectivity index (χ4v) is 3.61. The Bertz CT molecular complexity index is 943. The summed E-state index contributed by atoms with van der Waals surface area (Å²) in [4.78, 5) is 38.8. The largest absolute Gasteiger partial charge is 0.465 e. The van der Waals surface area contributed by atoms with E-state index in [1.807, 2.05) is 30.3 Å². The average molecular weight is 408 g/mol. The van der Waals surface area contributed by atoms with Crippen molar-refractivity contribution in [3.8, 4) is 0 Å².